The van der Waals surface area contributed by atoms with Gasteiger partial charge in [0.05, 0.1) is 12.6 Å². The second kappa shape index (κ2) is 10.2. The molecule has 0 aliphatic carbocycles. The molecule has 2 aromatic carbocycles. The number of ether oxygens (including phenoxy) is 1. The smallest absolute Gasteiger partial charge is 0.251 e. The van der Waals surface area contributed by atoms with Gasteiger partial charge in [0.1, 0.15) is 5.75 Å². The van der Waals surface area contributed by atoms with Gasteiger partial charge >= 0.3 is 0 Å². The number of pyridine rings is 1. The molecule has 0 spiro atoms. The standard InChI is InChI=1S/C23H26ClN3O2.ClH/c1-29-22-5-2-4-21-20(22)10-11-23(28)27(21)13-3-12-25-14-16-26(17-15-25)19-8-6-18(24)7-9-19;/h2,4-11H,3,12-17H2,1H3;1H. The van der Waals surface area contributed by atoms with Crippen molar-refractivity contribution in [1.29, 1.82) is 0 Å². The van der Waals surface area contributed by atoms with Crippen molar-refractivity contribution in [2.45, 2.75) is 13.0 Å². The van der Waals surface area contributed by atoms with Crippen LogP contribution >= 0.6 is 24.0 Å². The minimum atomic E-state index is 0. The molecule has 1 saturated heterocycles. The molecule has 1 aromatic heterocycles. The van der Waals surface area contributed by atoms with Gasteiger partial charge in [-0.15, -0.1) is 12.4 Å². The Labute approximate surface area is 188 Å². The lowest BCUT2D eigenvalue weighted by molar-refractivity contribution is 0.250. The Bertz CT molecular complexity index is 1030. The van der Waals surface area contributed by atoms with Crippen molar-refractivity contribution in [2.75, 3.05) is 44.7 Å². The third-order valence-electron chi connectivity index (χ3n) is 5.63. The summed E-state index contributed by atoms with van der Waals surface area (Å²) in [6, 6.07) is 17.4. The van der Waals surface area contributed by atoms with E-state index in [2.05, 4.69) is 21.9 Å². The number of rotatable bonds is 6. The van der Waals surface area contributed by atoms with Crippen molar-refractivity contribution in [3.8, 4) is 5.75 Å². The number of benzene rings is 2. The summed E-state index contributed by atoms with van der Waals surface area (Å²) in [5.41, 5.74) is 2.20. The number of piperazine rings is 1. The third-order valence-corrected chi connectivity index (χ3v) is 5.88. The fraction of sp³-hybridized carbons (Fsp3) is 0.348. The van der Waals surface area contributed by atoms with Crippen molar-refractivity contribution in [3.63, 3.8) is 0 Å². The molecular formula is C23H27Cl2N3O2. The molecule has 3 aromatic rings. The van der Waals surface area contributed by atoms with Crippen molar-refractivity contribution in [1.82, 2.24) is 9.47 Å². The fourth-order valence-electron chi connectivity index (χ4n) is 4.04. The zero-order valence-electron chi connectivity index (χ0n) is 17.1. The monoisotopic (exact) mass is 447 g/mol. The van der Waals surface area contributed by atoms with Crippen LogP contribution in [0.1, 0.15) is 6.42 Å². The van der Waals surface area contributed by atoms with Crippen LogP contribution in [0.4, 0.5) is 5.69 Å². The third kappa shape index (κ3) is 4.91. The summed E-state index contributed by atoms with van der Waals surface area (Å²) in [4.78, 5) is 17.3. The quantitative estimate of drug-likeness (QED) is 0.564. The zero-order chi connectivity index (χ0) is 20.2. The van der Waals surface area contributed by atoms with Gasteiger partial charge in [0.2, 0.25) is 0 Å². The number of aromatic nitrogens is 1. The van der Waals surface area contributed by atoms with Crippen molar-refractivity contribution < 1.29 is 4.74 Å². The number of nitrogens with zero attached hydrogens (tertiary/aromatic N) is 3. The minimum absolute atomic E-state index is 0. The van der Waals surface area contributed by atoms with E-state index in [4.69, 9.17) is 16.3 Å². The van der Waals surface area contributed by atoms with Crippen LogP contribution in [0.25, 0.3) is 10.9 Å². The van der Waals surface area contributed by atoms with Crippen LogP contribution in [-0.4, -0.2) is 49.3 Å². The minimum Gasteiger partial charge on any atom is -0.496 e. The van der Waals surface area contributed by atoms with Crippen LogP contribution in [0.5, 0.6) is 5.75 Å². The van der Waals surface area contributed by atoms with E-state index < -0.39 is 0 Å². The highest BCUT2D eigenvalue weighted by atomic mass is 35.5. The highest BCUT2D eigenvalue weighted by molar-refractivity contribution is 6.30. The summed E-state index contributed by atoms with van der Waals surface area (Å²) in [5.74, 6) is 0.801. The molecule has 0 unspecified atom stereocenters. The first kappa shape index (κ1) is 22.5. The topological polar surface area (TPSA) is 37.7 Å². The molecule has 0 saturated carbocycles. The molecule has 1 aliphatic heterocycles. The Balaban J connectivity index is 0.00000256. The first-order valence-corrected chi connectivity index (χ1v) is 10.4. The number of hydrogen-bond donors (Lipinski definition) is 0. The lowest BCUT2D eigenvalue weighted by atomic mass is 10.2. The zero-order valence-corrected chi connectivity index (χ0v) is 18.7. The Morgan fingerprint density at radius 1 is 0.933 bits per heavy atom. The number of fused-ring (bicyclic) bond motifs is 1. The number of anilines is 1. The highest BCUT2D eigenvalue weighted by Crippen LogP contribution is 2.24. The second-order valence-electron chi connectivity index (χ2n) is 7.37. The van der Waals surface area contributed by atoms with Crippen molar-refractivity contribution in [3.05, 3.63) is 70.0 Å². The van der Waals surface area contributed by atoms with Crippen LogP contribution in [0.15, 0.2) is 59.4 Å². The SMILES string of the molecule is COc1cccc2c1ccc(=O)n2CCCN1CCN(c2ccc(Cl)cc2)CC1.Cl. The van der Waals surface area contributed by atoms with E-state index in [0.717, 1.165) is 60.8 Å². The van der Waals surface area contributed by atoms with E-state index in [9.17, 15) is 4.79 Å². The predicted molar refractivity (Wildman–Crippen MR) is 127 cm³/mol. The maximum absolute atomic E-state index is 12.4. The molecule has 0 N–H and O–H groups in total. The highest BCUT2D eigenvalue weighted by Gasteiger charge is 2.17. The van der Waals surface area contributed by atoms with Crippen LogP contribution < -0.4 is 15.2 Å². The molecule has 1 aliphatic rings. The fourth-order valence-corrected chi connectivity index (χ4v) is 4.17. The molecule has 30 heavy (non-hydrogen) atoms. The maximum atomic E-state index is 12.4. The first-order chi connectivity index (χ1) is 14.2. The maximum Gasteiger partial charge on any atom is 0.251 e. The van der Waals surface area contributed by atoms with E-state index in [-0.39, 0.29) is 18.0 Å². The second-order valence-corrected chi connectivity index (χ2v) is 7.81. The van der Waals surface area contributed by atoms with Crippen molar-refractivity contribution in [2.24, 2.45) is 0 Å². The van der Waals surface area contributed by atoms with Gasteiger partial charge in [-0.1, -0.05) is 17.7 Å². The Kier molecular flexibility index (Phi) is 7.64. The predicted octanol–water partition coefficient (Wildman–Crippen LogP) is 4.30. The molecule has 0 radical (unpaired) electrons. The van der Waals surface area contributed by atoms with Gasteiger partial charge in [-0.25, -0.2) is 0 Å². The van der Waals surface area contributed by atoms with E-state index in [1.165, 1.54) is 5.69 Å². The van der Waals surface area contributed by atoms with Gasteiger partial charge in [-0.05, 0) is 55.4 Å². The van der Waals surface area contributed by atoms with Gasteiger partial charge in [-0.3, -0.25) is 9.69 Å². The molecule has 0 amide bonds. The Morgan fingerprint density at radius 2 is 1.67 bits per heavy atom. The average molecular weight is 448 g/mol. The molecule has 0 atom stereocenters. The number of hydrogen-bond acceptors (Lipinski definition) is 4. The van der Waals surface area contributed by atoms with Gasteiger partial charge in [-0.2, -0.15) is 0 Å². The van der Waals surface area contributed by atoms with Crippen LogP contribution in [-0.2, 0) is 6.54 Å². The molecule has 7 heteroatoms. The molecule has 5 nitrogen and oxygen atoms in total. The molecule has 1 fully saturated rings. The lowest BCUT2D eigenvalue weighted by Crippen LogP contribution is -2.46. The van der Waals surface area contributed by atoms with E-state index in [1.807, 2.05) is 41.0 Å². The van der Waals surface area contributed by atoms with E-state index >= 15 is 0 Å². The lowest BCUT2D eigenvalue weighted by Gasteiger charge is -2.36. The largest absolute Gasteiger partial charge is 0.496 e. The number of methoxy groups -OCH3 is 1. The molecule has 160 valence electrons. The average Bonchev–Trinajstić information content (AvgIpc) is 2.76. The van der Waals surface area contributed by atoms with Gasteiger partial charge in [0.25, 0.3) is 5.56 Å². The summed E-state index contributed by atoms with van der Waals surface area (Å²) in [6.07, 6.45) is 0.942. The van der Waals surface area contributed by atoms with Gasteiger partial charge in [0.15, 0.2) is 0 Å². The summed E-state index contributed by atoms with van der Waals surface area (Å²) in [5, 5.41) is 1.75. The Morgan fingerprint density at radius 3 is 2.37 bits per heavy atom. The van der Waals surface area contributed by atoms with Crippen LogP contribution in [0.2, 0.25) is 5.02 Å². The summed E-state index contributed by atoms with van der Waals surface area (Å²) in [7, 11) is 1.66. The summed E-state index contributed by atoms with van der Waals surface area (Å²) in [6.45, 7) is 5.77. The Hall–Kier alpha value is -2.21. The summed E-state index contributed by atoms with van der Waals surface area (Å²) >= 11 is 5.99. The van der Waals surface area contributed by atoms with Crippen LogP contribution in [0, 0.1) is 0 Å². The molecular weight excluding hydrogens is 421 g/mol. The summed E-state index contributed by atoms with van der Waals surface area (Å²) < 4.78 is 7.30. The van der Waals surface area contributed by atoms with E-state index in [0.29, 0.717) is 6.54 Å². The molecule has 2 heterocycles. The van der Waals surface area contributed by atoms with Crippen LogP contribution in [0.3, 0.4) is 0 Å². The first-order valence-electron chi connectivity index (χ1n) is 10.0. The molecule has 0 bridgehead atoms. The number of halogens is 2. The van der Waals surface area contributed by atoms with Gasteiger partial charge in [0, 0.05) is 54.9 Å². The van der Waals surface area contributed by atoms with Crippen molar-refractivity contribution >= 4 is 40.6 Å². The van der Waals surface area contributed by atoms with E-state index in [1.54, 1.807) is 13.2 Å². The molecule has 4 rings (SSSR count). The normalized spacial score (nSPS) is 14.5. The number of aryl methyl sites for hydroxylation is 1. The van der Waals surface area contributed by atoms with Gasteiger partial charge < -0.3 is 14.2 Å².